The predicted octanol–water partition coefficient (Wildman–Crippen LogP) is 5.34. The van der Waals surface area contributed by atoms with Crippen molar-refractivity contribution in [3.8, 4) is 0 Å². The third kappa shape index (κ3) is 7.87. The average molecular weight is 503 g/mol. The summed E-state index contributed by atoms with van der Waals surface area (Å²) < 4.78 is 17.1. The highest BCUT2D eigenvalue weighted by atomic mass is 16.6. The lowest BCUT2D eigenvalue weighted by molar-refractivity contribution is -0.143. The Hall–Kier alpha value is -1.76. The average Bonchev–Trinajstić information content (AvgIpc) is 3.54. The first-order valence-corrected chi connectivity index (χ1v) is 13.5. The number of esters is 1. The van der Waals surface area contributed by atoms with E-state index < -0.39 is 12.2 Å². The molecule has 6 heteroatoms. The smallest absolute Gasteiger partial charge is 0.303 e. The summed E-state index contributed by atoms with van der Waals surface area (Å²) >= 11 is 0. The van der Waals surface area contributed by atoms with E-state index in [2.05, 4.69) is 52.8 Å². The number of rotatable bonds is 9. The van der Waals surface area contributed by atoms with Crippen molar-refractivity contribution in [1.82, 2.24) is 0 Å². The van der Waals surface area contributed by atoms with Gasteiger partial charge in [0.15, 0.2) is 5.78 Å². The number of aliphatic hydroxyl groups is 1. The van der Waals surface area contributed by atoms with Crippen molar-refractivity contribution in [3.63, 3.8) is 0 Å². The number of hydrogen-bond donors (Lipinski definition) is 1. The third-order valence-electron chi connectivity index (χ3n) is 8.04. The molecule has 2 aliphatic heterocycles. The molecule has 0 amide bonds. The second-order valence-electron chi connectivity index (χ2n) is 12.2. The molecule has 0 bridgehead atoms. The first-order chi connectivity index (χ1) is 16.8. The first-order valence-electron chi connectivity index (χ1n) is 13.5. The lowest BCUT2D eigenvalue weighted by Crippen LogP contribution is -2.46. The molecule has 3 fully saturated rings. The number of ether oxygens (including phenoxy) is 3. The van der Waals surface area contributed by atoms with E-state index in [4.69, 9.17) is 14.2 Å². The van der Waals surface area contributed by atoms with Gasteiger partial charge in [-0.15, -0.1) is 0 Å². The number of ketones is 1. The monoisotopic (exact) mass is 502 g/mol. The van der Waals surface area contributed by atoms with Crippen LogP contribution in [0.3, 0.4) is 0 Å². The molecule has 3 rings (SSSR count). The molecule has 6 nitrogen and oxygen atoms in total. The summed E-state index contributed by atoms with van der Waals surface area (Å²) in [6.45, 7) is 14.6. The van der Waals surface area contributed by atoms with Crippen LogP contribution < -0.4 is 0 Å². The minimum atomic E-state index is -0.434. The summed E-state index contributed by atoms with van der Waals surface area (Å²) in [5.41, 5.74) is 1.01. The SMILES string of the molecule is CC(=O)O[C@@H](C)/C=C\C(=O)C[C@@H]1C[C@H](C)[C@H](C/C=C(C)/C=C/[C@@H]2CC(C)(C)C[C@]3(CO3)[C@H]2O)O[C@@H]1C. The molecule has 1 spiro atoms. The quantitative estimate of drug-likeness (QED) is 0.198. The van der Waals surface area contributed by atoms with E-state index >= 15 is 0 Å². The number of aliphatic hydroxyl groups excluding tert-OH is 1. The largest absolute Gasteiger partial charge is 0.459 e. The van der Waals surface area contributed by atoms with Crippen LogP contribution >= 0.6 is 0 Å². The van der Waals surface area contributed by atoms with Gasteiger partial charge in [0.05, 0.1) is 24.9 Å². The fourth-order valence-electron chi connectivity index (χ4n) is 6.06. The van der Waals surface area contributed by atoms with Gasteiger partial charge in [0.2, 0.25) is 0 Å². The molecule has 1 N–H and O–H groups in total. The fourth-order valence-corrected chi connectivity index (χ4v) is 6.06. The van der Waals surface area contributed by atoms with Gasteiger partial charge in [0.1, 0.15) is 11.7 Å². The Morgan fingerprint density at radius 3 is 2.53 bits per heavy atom. The van der Waals surface area contributed by atoms with Crippen LogP contribution in [-0.4, -0.2) is 53.5 Å². The summed E-state index contributed by atoms with van der Waals surface area (Å²) in [5, 5.41) is 10.8. The Morgan fingerprint density at radius 1 is 1.19 bits per heavy atom. The van der Waals surface area contributed by atoms with E-state index in [-0.39, 0.29) is 46.8 Å². The molecule has 0 radical (unpaired) electrons. The lowest BCUT2D eigenvalue weighted by Gasteiger charge is -2.41. The van der Waals surface area contributed by atoms with Crippen LogP contribution in [0.25, 0.3) is 0 Å². The summed E-state index contributed by atoms with van der Waals surface area (Å²) in [4.78, 5) is 23.4. The molecule has 8 atom stereocenters. The molecule has 1 saturated carbocycles. The van der Waals surface area contributed by atoms with E-state index in [9.17, 15) is 14.7 Å². The second kappa shape index (κ2) is 11.7. The highest BCUT2D eigenvalue weighted by molar-refractivity contribution is 5.89. The Labute approximate surface area is 217 Å². The van der Waals surface area contributed by atoms with Gasteiger partial charge in [0.25, 0.3) is 0 Å². The molecule has 0 aromatic carbocycles. The van der Waals surface area contributed by atoms with E-state index in [0.29, 0.717) is 18.9 Å². The van der Waals surface area contributed by atoms with Crippen LogP contribution in [0.15, 0.2) is 36.0 Å². The van der Waals surface area contributed by atoms with Crippen LogP contribution in [0.2, 0.25) is 0 Å². The Kier molecular flexibility index (Phi) is 9.40. The molecule has 2 saturated heterocycles. The third-order valence-corrected chi connectivity index (χ3v) is 8.04. The van der Waals surface area contributed by atoms with Gasteiger partial charge < -0.3 is 19.3 Å². The second-order valence-corrected chi connectivity index (χ2v) is 12.2. The Balaban J connectivity index is 1.49. The van der Waals surface area contributed by atoms with Crippen LogP contribution in [0.4, 0.5) is 0 Å². The van der Waals surface area contributed by atoms with Crippen molar-refractivity contribution in [2.45, 2.75) is 111 Å². The fraction of sp³-hybridized carbons (Fsp3) is 0.733. The molecule has 2 heterocycles. The zero-order valence-corrected chi connectivity index (χ0v) is 23.2. The molecular formula is C30H46O6. The normalized spacial score (nSPS) is 37.4. The molecule has 0 aromatic heterocycles. The molecule has 0 unspecified atom stereocenters. The van der Waals surface area contributed by atoms with Gasteiger partial charge >= 0.3 is 5.97 Å². The molecule has 36 heavy (non-hydrogen) atoms. The summed E-state index contributed by atoms with van der Waals surface area (Å²) in [6, 6.07) is 0. The number of hydrogen-bond acceptors (Lipinski definition) is 6. The van der Waals surface area contributed by atoms with Gasteiger partial charge in [-0.3, -0.25) is 9.59 Å². The maximum absolute atomic E-state index is 12.4. The number of carbonyl (C=O) groups is 2. The van der Waals surface area contributed by atoms with Crippen molar-refractivity contribution < 1.29 is 28.9 Å². The Morgan fingerprint density at radius 2 is 1.89 bits per heavy atom. The highest BCUT2D eigenvalue weighted by Gasteiger charge is 2.59. The standard InChI is InChI=1S/C30H46O6/c1-19(8-11-24-16-29(6,7)17-30(18-34-30)28(24)33)9-13-27-20(2)14-25(22(4)36-27)15-26(32)12-10-21(3)35-23(5)31/h8-12,20-22,24-25,27-28,33H,13-18H2,1-7H3/b11-8+,12-10-,19-9+/t20-,21-,22+,24+,25-,27-,28-,30-/m0/s1. The van der Waals surface area contributed by atoms with E-state index in [1.165, 1.54) is 18.6 Å². The number of carbonyl (C=O) groups excluding carboxylic acids is 2. The Bertz CT molecular complexity index is 880. The molecule has 0 aromatic rings. The van der Waals surface area contributed by atoms with Crippen molar-refractivity contribution in [1.29, 1.82) is 0 Å². The van der Waals surface area contributed by atoms with Crippen LogP contribution in [0.1, 0.15) is 80.6 Å². The predicted molar refractivity (Wildman–Crippen MR) is 140 cm³/mol. The van der Waals surface area contributed by atoms with Crippen LogP contribution in [-0.2, 0) is 23.8 Å². The van der Waals surface area contributed by atoms with Gasteiger partial charge in [-0.2, -0.15) is 0 Å². The maximum Gasteiger partial charge on any atom is 0.303 e. The maximum atomic E-state index is 12.4. The number of allylic oxidation sites excluding steroid dienone is 3. The summed E-state index contributed by atoms with van der Waals surface area (Å²) in [7, 11) is 0. The number of epoxide rings is 1. The van der Waals surface area contributed by atoms with E-state index in [0.717, 1.165) is 25.7 Å². The van der Waals surface area contributed by atoms with Crippen LogP contribution in [0.5, 0.6) is 0 Å². The molecule has 202 valence electrons. The van der Waals surface area contributed by atoms with Crippen molar-refractivity contribution in [2.24, 2.45) is 23.2 Å². The van der Waals surface area contributed by atoms with Gasteiger partial charge in [-0.05, 0) is 75.9 Å². The minimum absolute atomic E-state index is 0.00744. The zero-order valence-electron chi connectivity index (χ0n) is 23.2. The van der Waals surface area contributed by atoms with Crippen molar-refractivity contribution in [2.75, 3.05) is 6.61 Å². The minimum Gasteiger partial charge on any atom is -0.459 e. The van der Waals surface area contributed by atoms with Crippen molar-refractivity contribution >= 4 is 11.8 Å². The summed E-state index contributed by atoms with van der Waals surface area (Å²) in [6.07, 6.45) is 13.0. The van der Waals surface area contributed by atoms with E-state index in [1.807, 2.05) is 0 Å². The van der Waals surface area contributed by atoms with Gasteiger partial charge in [0, 0.05) is 19.3 Å². The topological polar surface area (TPSA) is 85.4 Å². The molecule has 1 aliphatic carbocycles. The highest BCUT2D eigenvalue weighted by Crippen LogP contribution is 2.52. The van der Waals surface area contributed by atoms with Crippen LogP contribution in [0, 0.1) is 23.2 Å². The lowest BCUT2D eigenvalue weighted by atomic mass is 9.65. The molecule has 3 aliphatic rings. The van der Waals surface area contributed by atoms with Crippen molar-refractivity contribution in [3.05, 3.63) is 36.0 Å². The zero-order chi connectivity index (χ0) is 26.7. The first kappa shape index (κ1) is 28.8. The van der Waals surface area contributed by atoms with Gasteiger partial charge in [-0.1, -0.05) is 44.6 Å². The molecular weight excluding hydrogens is 456 g/mol. The van der Waals surface area contributed by atoms with E-state index in [1.54, 1.807) is 13.0 Å². The van der Waals surface area contributed by atoms with Gasteiger partial charge in [-0.25, -0.2) is 0 Å². The summed E-state index contributed by atoms with van der Waals surface area (Å²) in [5.74, 6) is 0.311.